The van der Waals surface area contributed by atoms with Gasteiger partial charge in [0.05, 0.1) is 10.0 Å². The number of nitrogens with one attached hydrogen (secondary N) is 2. The summed E-state index contributed by atoms with van der Waals surface area (Å²) >= 11 is 23.2. The highest BCUT2D eigenvalue weighted by Crippen LogP contribution is 2.23. The van der Waals surface area contributed by atoms with Gasteiger partial charge in [0.2, 0.25) is 6.41 Å². The van der Waals surface area contributed by atoms with Gasteiger partial charge in [-0.25, -0.2) is 0 Å². The normalized spacial score (nSPS) is 12.8. The number of piperazine rings is 1. The molecule has 0 atom stereocenters. The average molecular weight is 670 g/mol. The molecule has 1 fully saturated rings. The zero-order valence-electron chi connectivity index (χ0n) is 25.0. The minimum Gasteiger partial charge on any atom is -0.369 e. The summed E-state index contributed by atoms with van der Waals surface area (Å²) < 4.78 is 0. The van der Waals surface area contributed by atoms with Crippen LogP contribution in [0.5, 0.6) is 0 Å². The first-order valence-electron chi connectivity index (χ1n) is 14.1. The predicted molar refractivity (Wildman–Crippen MR) is 182 cm³/mol. The van der Waals surface area contributed by atoms with Crippen LogP contribution < -0.4 is 15.5 Å². The van der Waals surface area contributed by atoms with Crippen LogP contribution in [0.3, 0.4) is 0 Å². The molecular weight excluding hydrogens is 628 g/mol. The van der Waals surface area contributed by atoms with Gasteiger partial charge in [-0.2, -0.15) is 0 Å². The Labute approximate surface area is 276 Å². The molecule has 0 radical (unpaired) electrons. The van der Waals surface area contributed by atoms with Crippen LogP contribution in [0.25, 0.3) is 0 Å². The Bertz CT molecular complexity index is 1230. The highest BCUT2D eigenvalue weighted by Gasteiger charge is 2.19. The lowest BCUT2D eigenvalue weighted by Crippen LogP contribution is -2.47. The first-order valence-corrected chi connectivity index (χ1v) is 15.6. The van der Waals surface area contributed by atoms with E-state index in [0.717, 1.165) is 57.5 Å². The molecule has 0 saturated carbocycles. The fourth-order valence-electron chi connectivity index (χ4n) is 4.46. The molecule has 0 spiro atoms. The number of para-hydroxylation sites is 1. The van der Waals surface area contributed by atoms with Gasteiger partial charge < -0.3 is 20.4 Å². The number of amides is 2. The monoisotopic (exact) mass is 667 g/mol. The molecule has 0 aliphatic carbocycles. The van der Waals surface area contributed by atoms with E-state index in [1.807, 2.05) is 45.4 Å². The molecule has 2 N–H and O–H groups in total. The molecule has 1 aliphatic rings. The molecular formula is C32H41Cl4N5O2. The lowest BCUT2D eigenvalue weighted by atomic mass is 10.1. The van der Waals surface area contributed by atoms with E-state index in [1.165, 1.54) is 5.69 Å². The molecule has 1 heterocycles. The van der Waals surface area contributed by atoms with Crippen molar-refractivity contribution in [1.82, 2.24) is 20.4 Å². The number of anilines is 1. The van der Waals surface area contributed by atoms with Gasteiger partial charge in [-0.1, -0.05) is 76.7 Å². The van der Waals surface area contributed by atoms with Crippen molar-refractivity contribution in [3.8, 4) is 0 Å². The number of rotatable bonds is 10. The van der Waals surface area contributed by atoms with Crippen molar-refractivity contribution in [3.05, 3.63) is 97.9 Å². The maximum absolute atomic E-state index is 12.6. The second kappa shape index (κ2) is 20.4. The second-order valence-electron chi connectivity index (χ2n) is 9.96. The van der Waals surface area contributed by atoms with Crippen molar-refractivity contribution < 1.29 is 9.59 Å². The van der Waals surface area contributed by atoms with Crippen LogP contribution in [-0.4, -0.2) is 82.5 Å². The summed E-state index contributed by atoms with van der Waals surface area (Å²) in [4.78, 5) is 29.8. The number of carbonyl (C=O) groups is 2. The van der Waals surface area contributed by atoms with Gasteiger partial charge in [-0.15, -0.1) is 0 Å². The van der Waals surface area contributed by atoms with E-state index in [2.05, 4.69) is 32.6 Å². The number of nitrogens with zero attached hydrogens (tertiary/aromatic N) is 3. The van der Waals surface area contributed by atoms with Crippen LogP contribution in [0.1, 0.15) is 28.8 Å². The molecule has 0 bridgehead atoms. The van der Waals surface area contributed by atoms with E-state index in [9.17, 15) is 9.59 Å². The minimum absolute atomic E-state index is 0.0641. The minimum atomic E-state index is -0.0641. The number of carbonyl (C=O) groups excluding carboxylic acids is 2. The summed E-state index contributed by atoms with van der Waals surface area (Å²) in [6.45, 7) is 6.20. The van der Waals surface area contributed by atoms with E-state index in [-0.39, 0.29) is 5.91 Å². The van der Waals surface area contributed by atoms with E-state index in [0.29, 0.717) is 38.7 Å². The number of halogens is 4. The van der Waals surface area contributed by atoms with Gasteiger partial charge in [0.25, 0.3) is 5.91 Å². The van der Waals surface area contributed by atoms with Crippen LogP contribution in [0, 0.1) is 0 Å². The van der Waals surface area contributed by atoms with Crippen LogP contribution in [0.2, 0.25) is 20.1 Å². The summed E-state index contributed by atoms with van der Waals surface area (Å²) in [6, 6.07) is 20.4. The molecule has 234 valence electrons. The summed E-state index contributed by atoms with van der Waals surface area (Å²) in [5.74, 6) is -0.0641. The molecule has 3 aromatic carbocycles. The highest BCUT2D eigenvalue weighted by molar-refractivity contribution is 6.41. The Hall–Kier alpha value is -2.52. The number of hydrogen-bond donors (Lipinski definition) is 2. The van der Waals surface area contributed by atoms with E-state index in [4.69, 9.17) is 46.4 Å². The Morgan fingerprint density at radius 3 is 1.98 bits per heavy atom. The van der Waals surface area contributed by atoms with Gasteiger partial charge in [0.1, 0.15) is 0 Å². The van der Waals surface area contributed by atoms with Gasteiger partial charge in [0, 0.05) is 67.6 Å². The third-order valence-electron chi connectivity index (χ3n) is 6.58. The standard InChI is InChI=1S/C24H30Cl2N4O2.C6H4Cl2.C2H7N/c1-28(24(32)20-14-21(25)16-22(26)15-20)8-4-5-9-29-10-12-30(13-11-29)23-7-3-2-6-19(23)17-27-18-31;7-5-3-1-2-4-6(5)8;1-3-2/h2-3,6-7,14-16,18H,4-5,8-13,17H2,1H3,(H,27,31);1-4H;3H,1-2H3. The molecule has 1 aliphatic heterocycles. The Morgan fingerprint density at radius 2 is 1.42 bits per heavy atom. The summed E-state index contributed by atoms with van der Waals surface area (Å²) in [7, 11) is 5.56. The Balaban J connectivity index is 0.000000494. The molecule has 43 heavy (non-hydrogen) atoms. The van der Waals surface area contributed by atoms with Gasteiger partial charge in [-0.3, -0.25) is 14.5 Å². The van der Waals surface area contributed by atoms with Crippen LogP contribution in [0.4, 0.5) is 5.69 Å². The quantitative estimate of drug-likeness (QED) is 0.185. The summed E-state index contributed by atoms with van der Waals surface area (Å²) in [6.07, 6.45) is 2.72. The maximum Gasteiger partial charge on any atom is 0.253 e. The molecule has 0 aromatic heterocycles. The Kier molecular flexibility index (Phi) is 17.4. The first-order chi connectivity index (χ1) is 20.7. The molecule has 7 nitrogen and oxygen atoms in total. The zero-order valence-corrected chi connectivity index (χ0v) is 28.0. The van der Waals surface area contributed by atoms with Crippen molar-refractivity contribution in [2.45, 2.75) is 19.4 Å². The lowest BCUT2D eigenvalue weighted by Gasteiger charge is -2.37. The fourth-order valence-corrected chi connectivity index (χ4v) is 5.25. The maximum atomic E-state index is 12.6. The lowest BCUT2D eigenvalue weighted by molar-refractivity contribution is -0.109. The van der Waals surface area contributed by atoms with Crippen molar-refractivity contribution >= 4 is 64.4 Å². The molecule has 4 rings (SSSR count). The molecule has 11 heteroatoms. The van der Waals surface area contributed by atoms with Gasteiger partial charge in [-0.05, 0) is 75.4 Å². The number of hydrogen-bond acceptors (Lipinski definition) is 5. The van der Waals surface area contributed by atoms with E-state index < -0.39 is 0 Å². The zero-order chi connectivity index (χ0) is 31.6. The van der Waals surface area contributed by atoms with Gasteiger partial charge in [0.15, 0.2) is 0 Å². The van der Waals surface area contributed by atoms with Gasteiger partial charge >= 0.3 is 0 Å². The third-order valence-corrected chi connectivity index (χ3v) is 7.77. The predicted octanol–water partition coefficient (Wildman–Crippen LogP) is 6.74. The molecule has 1 saturated heterocycles. The van der Waals surface area contributed by atoms with E-state index >= 15 is 0 Å². The first kappa shape index (κ1) is 36.7. The number of benzene rings is 3. The topological polar surface area (TPSA) is 67.9 Å². The second-order valence-corrected chi connectivity index (χ2v) is 11.6. The largest absolute Gasteiger partial charge is 0.369 e. The summed E-state index contributed by atoms with van der Waals surface area (Å²) in [5, 5.41) is 7.66. The highest BCUT2D eigenvalue weighted by atomic mass is 35.5. The fraction of sp³-hybridized carbons (Fsp3) is 0.375. The van der Waals surface area contributed by atoms with E-state index in [1.54, 1.807) is 35.2 Å². The van der Waals surface area contributed by atoms with Crippen LogP contribution in [-0.2, 0) is 11.3 Å². The molecule has 3 aromatic rings. The Morgan fingerprint density at radius 1 is 0.860 bits per heavy atom. The summed E-state index contributed by atoms with van der Waals surface area (Å²) in [5.41, 5.74) is 2.86. The average Bonchev–Trinajstić information content (AvgIpc) is 3.00. The van der Waals surface area contributed by atoms with Crippen molar-refractivity contribution in [2.75, 3.05) is 65.3 Å². The van der Waals surface area contributed by atoms with Crippen LogP contribution in [0.15, 0.2) is 66.7 Å². The smallest absolute Gasteiger partial charge is 0.253 e. The SMILES string of the molecule is CN(CCCCN1CCN(c2ccccc2CNC=O)CC1)C(=O)c1cc(Cl)cc(Cl)c1.CNC.Clc1ccccc1Cl. The van der Waals surface area contributed by atoms with Crippen molar-refractivity contribution in [3.63, 3.8) is 0 Å². The number of unbranched alkanes of at least 4 members (excludes halogenated alkanes) is 1. The van der Waals surface area contributed by atoms with Crippen molar-refractivity contribution in [2.24, 2.45) is 0 Å². The van der Waals surface area contributed by atoms with Crippen molar-refractivity contribution in [1.29, 1.82) is 0 Å². The third kappa shape index (κ3) is 13.3. The van der Waals surface area contributed by atoms with Crippen LogP contribution >= 0.6 is 46.4 Å². The molecule has 0 unspecified atom stereocenters. The molecule has 2 amide bonds.